The van der Waals surface area contributed by atoms with Crippen molar-refractivity contribution in [1.82, 2.24) is 9.88 Å². The Hall–Kier alpha value is -3.49. The molecule has 1 saturated heterocycles. The molecule has 1 fully saturated rings. The van der Waals surface area contributed by atoms with Gasteiger partial charge in [-0.3, -0.25) is 19.4 Å². The molecule has 3 aromatic rings. The molecule has 35 heavy (non-hydrogen) atoms. The number of thiazole rings is 1. The number of para-hydroxylation sites is 1. The van der Waals surface area contributed by atoms with Gasteiger partial charge in [0.25, 0.3) is 5.91 Å². The number of anilines is 1. The summed E-state index contributed by atoms with van der Waals surface area (Å²) in [5.74, 6) is -2.43. The van der Waals surface area contributed by atoms with Gasteiger partial charge in [-0.2, -0.15) is 0 Å². The normalized spacial score (nSPS) is 14.3. The molecule has 1 aliphatic rings. The molecule has 0 spiro atoms. The predicted molar refractivity (Wildman–Crippen MR) is 123 cm³/mol. The SMILES string of the molecule is NC(=O)c1ccccc1OC(F)(F)F.O=C(O)c1ccc(CN2CCN(c3nccs3)C(=O)C2)s1. The van der Waals surface area contributed by atoms with E-state index in [1.165, 1.54) is 34.8 Å². The molecule has 0 bridgehead atoms. The van der Waals surface area contributed by atoms with Crippen molar-refractivity contribution in [2.75, 3.05) is 24.5 Å². The summed E-state index contributed by atoms with van der Waals surface area (Å²) < 4.78 is 39.0. The highest BCUT2D eigenvalue weighted by Gasteiger charge is 2.32. The number of carbonyl (C=O) groups is 3. The molecule has 4 rings (SSSR count). The van der Waals surface area contributed by atoms with E-state index >= 15 is 0 Å². The number of alkyl halides is 3. The lowest BCUT2D eigenvalue weighted by atomic mass is 10.2. The number of aromatic carboxylic acids is 1. The van der Waals surface area contributed by atoms with Crippen molar-refractivity contribution in [1.29, 1.82) is 0 Å². The van der Waals surface area contributed by atoms with Crippen molar-refractivity contribution in [3.05, 3.63) is 63.3 Å². The van der Waals surface area contributed by atoms with Gasteiger partial charge in [-0.15, -0.1) is 35.8 Å². The smallest absolute Gasteiger partial charge is 0.477 e. The van der Waals surface area contributed by atoms with Crippen LogP contribution in [0.25, 0.3) is 0 Å². The molecular formula is C21H19F3N4O5S2. The zero-order valence-corrected chi connectivity index (χ0v) is 19.5. The lowest BCUT2D eigenvalue weighted by Gasteiger charge is -2.32. The molecule has 0 unspecified atom stereocenters. The molecule has 186 valence electrons. The second kappa shape index (κ2) is 11.3. The van der Waals surface area contributed by atoms with Gasteiger partial charge in [0.15, 0.2) is 5.13 Å². The van der Waals surface area contributed by atoms with Gasteiger partial charge < -0.3 is 15.6 Å². The Morgan fingerprint density at radius 2 is 1.91 bits per heavy atom. The van der Waals surface area contributed by atoms with Crippen molar-refractivity contribution in [2.24, 2.45) is 5.73 Å². The fourth-order valence-electron chi connectivity index (χ4n) is 3.09. The van der Waals surface area contributed by atoms with Gasteiger partial charge in [0.1, 0.15) is 10.6 Å². The highest BCUT2D eigenvalue weighted by molar-refractivity contribution is 7.14. The van der Waals surface area contributed by atoms with E-state index in [-0.39, 0.29) is 11.5 Å². The summed E-state index contributed by atoms with van der Waals surface area (Å²) in [6, 6.07) is 8.30. The number of primary amides is 1. The summed E-state index contributed by atoms with van der Waals surface area (Å²) >= 11 is 2.72. The Balaban J connectivity index is 0.000000214. The maximum Gasteiger partial charge on any atom is 0.573 e. The Bertz CT molecular complexity index is 1180. The van der Waals surface area contributed by atoms with Crippen LogP contribution in [0.1, 0.15) is 24.9 Å². The zero-order chi connectivity index (χ0) is 25.6. The summed E-state index contributed by atoms with van der Waals surface area (Å²) in [4.78, 5) is 42.9. The van der Waals surface area contributed by atoms with Crippen LogP contribution in [0.2, 0.25) is 0 Å². The number of benzene rings is 1. The average molecular weight is 529 g/mol. The molecule has 3 N–H and O–H groups in total. The number of hydrogen-bond donors (Lipinski definition) is 2. The monoisotopic (exact) mass is 528 g/mol. The number of amides is 2. The summed E-state index contributed by atoms with van der Waals surface area (Å²) in [7, 11) is 0. The van der Waals surface area contributed by atoms with Gasteiger partial charge >= 0.3 is 12.3 Å². The largest absolute Gasteiger partial charge is 0.573 e. The lowest BCUT2D eigenvalue weighted by Crippen LogP contribution is -2.50. The quantitative estimate of drug-likeness (QED) is 0.502. The van der Waals surface area contributed by atoms with E-state index in [9.17, 15) is 27.6 Å². The van der Waals surface area contributed by atoms with Crippen LogP contribution in [0.15, 0.2) is 48.0 Å². The molecule has 1 aliphatic heterocycles. The first-order chi connectivity index (χ1) is 16.5. The third kappa shape index (κ3) is 7.50. The first-order valence-electron chi connectivity index (χ1n) is 9.92. The fourth-order valence-corrected chi connectivity index (χ4v) is 4.66. The van der Waals surface area contributed by atoms with Gasteiger partial charge in [0.05, 0.1) is 12.1 Å². The van der Waals surface area contributed by atoms with Crippen LogP contribution in [0.5, 0.6) is 5.75 Å². The second-order valence-corrected chi connectivity index (χ2v) is 9.09. The fraction of sp³-hybridized carbons (Fsp3) is 0.238. The number of hydrogen-bond acceptors (Lipinski definition) is 8. The molecule has 0 atom stereocenters. The van der Waals surface area contributed by atoms with Crippen molar-refractivity contribution in [3.8, 4) is 5.75 Å². The third-order valence-electron chi connectivity index (χ3n) is 4.58. The Morgan fingerprint density at radius 3 is 2.49 bits per heavy atom. The molecule has 0 aliphatic carbocycles. The maximum absolute atomic E-state index is 12.2. The molecule has 2 amide bonds. The van der Waals surface area contributed by atoms with E-state index < -0.39 is 24.0 Å². The van der Waals surface area contributed by atoms with Crippen LogP contribution in [0.3, 0.4) is 0 Å². The van der Waals surface area contributed by atoms with Gasteiger partial charge in [0.2, 0.25) is 5.91 Å². The number of halogens is 3. The first kappa shape index (κ1) is 26.1. The minimum absolute atomic E-state index is 0.0335. The Kier molecular flexibility index (Phi) is 8.43. The van der Waals surface area contributed by atoms with E-state index in [0.717, 1.165) is 28.7 Å². The van der Waals surface area contributed by atoms with Crippen molar-refractivity contribution in [2.45, 2.75) is 12.9 Å². The Morgan fingerprint density at radius 1 is 1.17 bits per heavy atom. The number of aromatic nitrogens is 1. The molecular weight excluding hydrogens is 509 g/mol. The minimum atomic E-state index is -4.83. The second-order valence-electron chi connectivity index (χ2n) is 7.05. The van der Waals surface area contributed by atoms with Crippen LogP contribution in [0.4, 0.5) is 18.3 Å². The van der Waals surface area contributed by atoms with Crippen LogP contribution in [0, 0.1) is 0 Å². The summed E-state index contributed by atoms with van der Waals surface area (Å²) in [5, 5.41) is 11.5. The summed E-state index contributed by atoms with van der Waals surface area (Å²) in [6.07, 6.45) is -3.13. The number of nitrogens with zero attached hydrogens (tertiary/aromatic N) is 3. The van der Waals surface area contributed by atoms with E-state index in [1.807, 2.05) is 16.3 Å². The van der Waals surface area contributed by atoms with Gasteiger partial charge in [-0.1, -0.05) is 12.1 Å². The number of ether oxygens (including phenoxy) is 1. The highest BCUT2D eigenvalue weighted by Crippen LogP contribution is 2.26. The maximum atomic E-state index is 12.2. The van der Waals surface area contributed by atoms with Crippen molar-refractivity contribution < 1.29 is 37.4 Å². The molecule has 3 heterocycles. The minimum Gasteiger partial charge on any atom is -0.477 e. The molecule has 14 heteroatoms. The predicted octanol–water partition coefficient (Wildman–Crippen LogP) is 3.44. The van der Waals surface area contributed by atoms with Gasteiger partial charge in [-0.25, -0.2) is 9.78 Å². The molecule has 2 aromatic heterocycles. The third-order valence-corrected chi connectivity index (χ3v) is 6.43. The molecule has 0 saturated carbocycles. The van der Waals surface area contributed by atoms with E-state index in [1.54, 1.807) is 17.2 Å². The first-order valence-corrected chi connectivity index (χ1v) is 11.6. The van der Waals surface area contributed by atoms with E-state index in [2.05, 4.69) is 9.72 Å². The number of carboxylic acids is 1. The highest BCUT2D eigenvalue weighted by atomic mass is 32.1. The van der Waals surface area contributed by atoms with Crippen LogP contribution < -0.4 is 15.4 Å². The van der Waals surface area contributed by atoms with Crippen molar-refractivity contribution in [3.63, 3.8) is 0 Å². The summed E-state index contributed by atoms with van der Waals surface area (Å²) in [5.41, 5.74) is 4.55. The van der Waals surface area contributed by atoms with Gasteiger partial charge in [0, 0.05) is 36.1 Å². The average Bonchev–Trinajstić information content (AvgIpc) is 3.46. The number of rotatable bonds is 6. The van der Waals surface area contributed by atoms with E-state index in [4.69, 9.17) is 10.8 Å². The molecule has 9 nitrogen and oxygen atoms in total. The number of carbonyl (C=O) groups excluding carboxylic acids is 2. The number of piperazine rings is 1. The zero-order valence-electron chi connectivity index (χ0n) is 17.9. The number of carboxylic acid groups (broad SMARTS) is 1. The van der Waals surface area contributed by atoms with Crippen molar-refractivity contribution >= 4 is 45.6 Å². The summed E-state index contributed by atoms with van der Waals surface area (Å²) in [6.45, 7) is 2.31. The number of nitrogens with two attached hydrogens (primary N) is 1. The lowest BCUT2D eigenvalue weighted by molar-refractivity contribution is -0.274. The standard InChI is InChI=1S/C13H13N3O3S2.C8H6F3NO2/c17-11-8-15(4-5-16(11)13-14-3-6-20-13)7-9-1-2-10(21-9)12(18)19;9-8(10,11)14-6-4-2-1-3-5(6)7(12)13/h1-3,6H,4-5,7-8H2,(H,18,19);1-4H,(H2,12,13). The van der Waals surface area contributed by atoms with Crippen LogP contribution >= 0.6 is 22.7 Å². The topological polar surface area (TPSA) is 126 Å². The van der Waals surface area contributed by atoms with Crippen LogP contribution in [-0.2, 0) is 11.3 Å². The number of thiophene rings is 1. The Labute approximate surface area is 205 Å². The van der Waals surface area contributed by atoms with E-state index in [0.29, 0.717) is 24.5 Å². The molecule has 1 aromatic carbocycles. The molecule has 0 radical (unpaired) electrons. The van der Waals surface area contributed by atoms with Crippen LogP contribution in [-0.4, -0.2) is 58.8 Å². The van der Waals surface area contributed by atoms with Gasteiger partial charge in [-0.05, 0) is 24.3 Å².